The standard InChI is InChI=1S/C6H12O.C4H8O2/c1-2-3-4-5-6-7;1-2-3-4(5)6/h3-4,7H,2,5-6H2,1H3;2-3H2,1H3,(H,5,6)/b4-3-;. The average molecular weight is 188 g/mol. The molecule has 0 bridgehead atoms. The maximum Gasteiger partial charge on any atom is 0.303 e. The molecular weight excluding hydrogens is 168 g/mol. The van der Waals surface area contributed by atoms with Crippen molar-refractivity contribution in [2.24, 2.45) is 0 Å². The Morgan fingerprint density at radius 1 is 1.31 bits per heavy atom. The normalized spacial score (nSPS) is 9.46. The Labute approximate surface area is 80.1 Å². The molecule has 2 N–H and O–H groups in total. The van der Waals surface area contributed by atoms with E-state index in [2.05, 4.69) is 13.0 Å². The van der Waals surface area contributed by atoms with Crippen molar-refractivity contribution in [1.82, 2.24) is 0 Å². The fraction of sp³-hybridized carbons (Fsp3) is 0.700. The summed E-state index contributed by atoms with van der Waals surface area (Å²) in [5.41, 5.74) is 0. The van der Waals surface area contributed by atoms with Gasteiger partial charge in [0.1, 0.15) is 0 Å². The van der Waals surface area contributed by atoms with Crippen molar-refractivity contribution in [2.75, 3.05) is 6.61 Å². The summed E-state index contributed by atoms with van der Waals surface area (Å²) in [6.45, 7) is 4.19. The summed E-state index contributed by atoms with van der Waals surface area (Å²) >= 11 is 0. The third-order valence-corrected chi connectivity index (χ3v) is 1.16. The molecule has 0 heterocycles. The first-order valence-electron chi connectivity index (χ1n) is 4.66. The van der Waals surface area contributed by atoms with Gasteiger partial charge in [0, 0.05) is 13.0 Å². The zero-order chi connectivity index (χ0) is 10.5. The van der Waals surface area contributed by atoms with Crippen LogP contribution in [0.3, 0.4) is 0 Å². The molecule has 0 aromatic rings. The van der Waals surface area contributed by atoms with E-state index >= 15 is 0 Å². The van der Waals surface area contributed by atoms with Crippen LogP contribution in [-0.2, 0) is 4.79 Å². The third-order valence-electron chi connectivity index (χ3n) is 1.16. The van der Waals surface area contributed by atoms with E-state index < -0.39 is 5.97 Å². The van der Waals surface area contributed by atoms with E-state index in [1.807, 2.05) is 13.0 Å². The van der Waals surface area contributed by atoms with Gasteiger partial charge in [-0.05, 0) is 19.3 Å². The molecule has 0 aromatic carbocycles. The molecule has 0 amide bonds. The van der Waals surface area contributed by atoms with Crippen LogP contribution in [0, 0.1) is 0 Å². The van der Waals surface area contributed by atoms with Gasteiger partial charge in [0.15, 0.2) is 0 Å². The highest BCUT2D eigenvalue weighted by Crippen LogP contribution is 1.82. The van der Waals surface area contributed by atoms with Crippen molar-refractivity contribution >= 4 is 5.97 Å². The second kappa shape index (κ2) is 13.7. The van der Waals surface area contributed by atoms with E-state index in [4.69, 9.17) is 10.2 Å². The molecule has 0 aromatic heterocycles. The van der Waals surface area contributed by atoms with Crippen LogP contribution in [-0.4, -0.2) is 22.8 Å². The number of aliphatic hydroxyl groups excluding tert-OH is 1. The first kappa shape index (κ1) is 14.7. The number of hydrogen-bond acceptors (Lipinski definition) is 2. The predicted molar refractivity (Wildman–Crippen MR) is 53.7 cm³/mol. The Balaban J connectivity index is 0. The van der Waals surface area contributed by atoms with E-state index in [-0.39, 0.29) is 6.61 Å². The lowest BCUT2D eigenvalue weighted by atomic mass is 10.3. The van der Waals surface area contributed by atoms with Gasteiger partial charge in [-0.1, -0.05) is 26.0 Å². The number of hydrogen-bond donors (Lipinski definition) is 2. The summed E-state index contributed by atoms with van der Waals surface area (Å²) in [5.74, 6) is -0.711. The topological polar surface area (TPSA) is 57.5 Å². The smallest absolute Gasteiger partial charge is 0.303 e. The summed E-state index contributed by atoms with van der Waals surface area (Å²) in [6, 6.07) is 0. The molecule has 78 valence electrons. The highest BCUT2D eigenvalue weighted by molar-refractivity contribution is 5.66. The molecule has 0 saturated heterocycles. The Kier molecular flexibility index (Phi) is 15.5. The maximum atomic E-state index is 9.60. The molecular formula is C10H20O3. The van der Waals surface area contributed by atoms with Gasteiger partial charge in [-0.15, -0.1) is 0 Å². The Hall–Kier alpha value is -0.830. The van der Waals surface area contributed by atoms with Crippen molar-refractivity contribution in [1.29, 1.82) is 0 Å². The molecule has 0 fully saturated rings. The van der Waals surface area contributed by atoms with E-state index in [1.165, 1.54) is 0 Å². The quantitative estimate of drug-likeness (QED) is 0.650. The molecule has 3 heteroatoms. The van der Waals surface area contributed by atoms with Crippen LogP contribution in [0.25, 0.3) is 0 Å². The zero-order valence-corrected chi connectivity index (χ0v) is 8.49. The number of carbonyl (C=O) groups is 1. The number of carboxylic acids is 1. The van der Waals surface area contributed by atoms with Gasteiger partial charge in [0.05, 0.1) is 0 Å². The lowest BCUT2D eigenvalue weighted by molar-refractivity contribution is -0.137. The van der Waals surface area contributed by atoms with Crippen LogP contribution in [0.4, 0.5) is 0 Å². The SMILES string of the molecule is CC/C=C\CCO.CCCC(=O)O. The molecule has 0 aliphatic carbocycles. The average Bonchev–Trinajstić information content (AvgIpc) is 2.06. The van der Waals surface area contributed by atoms with Gasteiger partial charge >= 0.3 is 5.97 Å². The second-order valence-corrected chi connectivity index (χ2v) is 2.54. The molecule has 0 unspecified atom stereocenters. The zero-order valence-electron chi connectivity index (χ0n) is 8.49. The van der Waals surface area contributed by atoms with Crippen LogP contribution in [0.5, 0.6) is 0 Å². The van der Waals surface area contributed by atoms with E-state index in [9.17, 15) is 4.79 Å². The monoisotopic (exact) mass is 188 g/mol. The van der Waals surface area contributed by atoms with Gasteiger partial charge in [-0.3, -0.25) is 4.79 Å². The van der Waals surface area contributed by atoms with Crippen LogP contribution >= 0.6 is 0 Å². The molecule has 0 spiro atoms. The highest BCUT2D eigenvalue weighted by Gasteiger charge is 1.87. The number of allylic oxidation sites excluding steroid dienone is 1. The summed E-state index contributed by atoms with van der Waals surface area (Å²) in [5, 5.41) is 16.2. The van der Waals surface area contributed by atoms with E-state index in [0.717, 1.165) is 19.3 Å². The molecule has 0 aliphatic heterocycles. The Morgan fingerprint density at radius 3 is 2.15 bits per heavy atom. The van der Waals surface area contributed by atoms with Gasteiger partial charge in [0.25, 0.3) is 0 Å². The van der Waals surface area contributed by atoms with Crippen LogP contribution in [0.15, 0.2) is 12.2 Å². The molecule has 0 aliphatic rings. The summed E-state index contributed by atoms with van der Waals surface area (Å²) in [6.07, 6.45) is 6.93. The van der Waals surface area contributed by atoms with Gasteiger partial charge in [-0.25, -0.2) is 0 Å². The van der Waals surface area contributed by atoms with Gasteiger partial charge < -0.3 is 10.2 Å². The largest absolute Gasteiger partial charge is 0.481 e. The Bertz CT molecular complexity index is 130. The number of rotatable bonds is 5. The van der Waals surface area contributed by atoms with Crippen molar-refractivity contribution < 1.29 is 15.0 Å². The molecule has 0 atom stereocenters. The lowest BCUT2D eigenvalue weighted by Gasteiger charge is -1.79. The maximum absolute atomic E-state index is 9.60. The minimum atomic E-state index is -0.711. The number of aliphatic carboxylic acids is 1. The molecule has 13 heavy (non-hydrogen) atoms. The summed E-state index contributed by atoms with van der Waals surface area (Å²) in [4.78, 5) is 9.60. The first-order valence-corrected chi connectivity index (χ1v) is 4.66. The van der Waals surface area contributed by atoms with Crippen LogP contribution < -0.4 is 0 Å². The van der Waals surface area contributed by atoms with Crippen LogP contribution in [0.2, 0.25) is 0 Å². The summed E-state index contributed by atoms with van der Waals surface area (Å²) in [7, 11) is 0. The highest BCUT2D eigenvalue weighted by atomic mass is 16.4. The molecule has 0 rings (SSSR count). The number of carboxylic acid groups (broad SMARTS) is 1. The fourth-order valence-corrected chi connectivity index (χ4v) is 0.573. The molecule has 0 saturated carbocycles. The van der Waals surface area contributed by atoms with E-state index in [1.54, 1.807) is 0 Å². The summed E-state index contributed by atoms with van der Waals surface area (Å²) < 4.78 is 0. The second-order valence-electron chi connectivity index (χ2n) is 2.54. The minimum Gasteiger partial charge on any atom is -0.481 e. The number of aliphatic hydroxyl groups is 1. The minimum absolute atomic E-state index is 0.274. The predicted octanol–water partition coefficient (Wildman–Crippen LogP) is 2.21. The third kappa shape index (κ3) is 24.7. The molecule has 3 nitrogen and oxygen atoms in total. The van der Waals surface area contributed by atoms with Crippen molar-refractivity contribution in [2.45, 2.75) is 39.5 Å². The van der Waals surface area contributed by atoms with Crippen molar-refractivity contribution in [3.63, 3.8) is 0 Å². The molecule has 0 radical (unpaired) electrons. The fourth-order valence-electron chi connectivity index (χ4n) is 0.573. The van der Waals surface area contributed by atoms with Crippen molar-refractivity contribution in [3.05, 3.63) is 12.2 Å². The van der Waals surface area contributed by atoms with Gasteiger partial charge in [-0.2, -0.15) is 0 Å². The van der Waals surface area contributed by atoms with Crippen LogP contribution in [0.1, 0.15) is 39.5 Å². The Morgan fingerprint density at radius 2 is 1.92 bits per heavy atom. The van der Waals surface area contributed by atoms with Crippen molar-refractivity contribution in [3.8, 4) is 0 Å². The first-order chi connectivity index (χ1) is 6.18. The lowest BCUT2D eigenvalue weighted by Crippen LogP contribution is -1.90. The van der Waals surface area contributed by atoms with E-state index in [0.29, 0.717) is 6.42 Å². The van der Waals surface area contributed by atoms with Gasteiger partial charge in [0.2, 0.25) is 0 Å².